The Morgan fingerprint density at radius 2 is 1.74 bits per heavy atom. The zero-order valence-electron chi connectivity index (χ0n) is 10.2. The highest BCUT2D eigenvalue weighted by Gasteiger charge is 2.08. The summed E-state index contributed by atoms with van der Waals surface area (Å²) in [5.41, 5.74) is 2.30. The lowest BCUT2D eigenvalue weighted by atomic mass is 10.1. The normalized spacial score (nSPS) is 10.5. The predicted octanol–water partition coefficient (Wildman–Crippen LogP) is 5.27. The molecule has 0 unspecified atom stereocenters. The first-order valence-electron chi connectivity index (χ1n) is 5.65. The van der Waals surface area contributed by atoms with Crippen LogP contribution in [0.3, 0.4) is 0 Å². The Bertz CT molecular complexity index is 614. The van der Waals surface area contributed by atoms with Gasteiger partial charge in [0.15, 0.2) is 0 Å². The number of anilines is 1. The molecule has 0 aromatic heterocycles. The number of phenols is 1. The average molecular weight is 317 g/mol. The lowest BCUT2D eigenvalue weighted by Gasteiger charge is -2.12. The molecule has 0 fully saturated rings. The molecule has 2 aromatic carbocycles. The van der Waals surface area contributed by atoms with E-state index in [0.29, 0.717) is 27.3 Å². The Balaban J connectivity index is 2.19. The van der Waals surface area contributed by atoms with Gasteiger partial charge in [-0.3, -0.25) is 0 Å². The number of nitrogens with one attached hydrogen (secondary N) is 1. The molecule has 19 heavy (non-hydrogen) atoms. The third kappa shape index (κ3) is 3.27. The van der Waals surface area contributed by atoms with Gasteiger partial charge in [0.1, 0.15) is 5.75 Å². The molecule has 2 rings (SSSR count). The maximum Gasteiger partial charge on any atom is 0.123 e. The number of benzene rings is 2. The zero-order chi connectivity index (χ0) is 14.0. The molecule has 0 radical (unpaired) electrons. The van der Waals surface area contributed by atoms with Crippen molar-refractivity contribution in [2.45, 2.75) is 13.5 Å². The molecule has 5 heteroatoms. The molecule has 0 amide bonds. The zero-order valence-corrected chi connectivity index (χ0v) is 12.4. The van der Waals surface area contributed by atoms with E-state index in [4.69, 9.17) is 34.8 Å². The van der Waals surface area contributed by atoms with E-state index in [1.165, 1.54) is 0 Å². The molecule has 0 heterocycles. The van der Waals surface area contributed by atoms with Crippen molar-refractivity contribution < 1.29 is 5.11 Å². The molecular formula is C14H12Cl3NO. The monoisotopic (exact) mass is 315 g/mol. The van der Waals surface area contributed by atoms with Crippen molar-refractivity contribution in [3.63, 3.8) is 0 Å². The lowest BCUT2D eigenvalue weighted by Crippen LogP contribution is -2.01. The number of para-hydroxylation sites is 1. The summed E-state index contributed by atoms with van der Waals surface area (Å²) in [6.45, 7) is 2.30. The maximum absolute atomic E-state index is 9.92. The summed E-state index contributed by atoms with van der Waals surface area (Å²) in [5.74, 6) is 0.284. The van der Waals surface area contributed by atoms with Gasteiger partial charge in [0.2, 0.25) is 0 Å². The molecule has 0 spiro atoms. The quantitative estimate of drug-likeness (QED) is 0.756. The maximum atomic E-state index is 9.92. The van der Waals surface area contributed by atoms with Crippen molar-refractivity contribution >= 4 is 40.5 Å². The van der Waals surface area contributed by atoms with E-state index in [0.717, 1.165) is 11.1 Å². The topological polar surface area (TPSA) is 32.3 Å². The van der Waals surface area contributed by atoms with Crippen LogP contribution in [-0.4, -0.2) is 5.11 Å². The van der Waals surface area contributed by atoms with Crippen LogP contribution in [0.15, 0.2) is 30.3 Å². The molecule has 0 aliphatic rings. The smallest absolute Gasteiger partial charge is 0.123 e. The molecule has 0 saturated heterocycles. The van der Waals surface area contributed by atoms with Gasteiger partial charge in [-0.1, -0.05) is 53.0 Å². The van der Waals surface area contributed by atoms with E-state index in [1.54, 1.807) is 12.1 Å². The van der Waals surface area contributed by atoms with Gasteiger partial charge in [-0.15, -0.1) is 0 Å². The Hall–Kier alpha value is -1.09. The number of hydrogen-bond acceptors (Lipinski definition) is 2. The van der Waals surface area contributed by atoms with Crippen LogP contribution in [0.25, 0.3) is 0 Å². The van der Waals surface area contributed by atoms with Crippen molar-refractivity contribution in [3.05, 3.63) is 56.5 Å². The highest BCUT2D eigenvalue weighted by Crippen LogP contribution is 2.33. The van der Waals surface area contributed by atoms with Crippen LogP contribution in [-0.2, 0) is 6.54 Å². The molecule has 0 aliphatic heterocycles. The summed E-state index contributed by atoms with van der Waals surface area (Å²) in [6.07, 6.45) is 0. The first kappa shape index (κ1) is 14.3. The minimum atomic E-state index is 0.284. The van der Waals surface area contributed by atoms with Gasteiger partial charge in [0.25, 0.3) is 0 Å². The van der Waals surface area contributed by atoms with Crippen molar-refractivity contribution in [1.82, 2.24) is 0 Å². The fourth-order valence-electron chi connectivity index (χ4n) is 1.71. The highest BCUT2D eigenvalue weighted by molar-refractivity contribution is 6.44. The van der Waals surface area contributed by atoms with Gasteiger partial charge in [-0.2, -0.15) is 0 Å². The van der Waals surface area contributed by atoms with Crippen LogP contribution in [0.2, 0.25) is 15.1 Å². The van der Waals surface area contributed by atoms with Gasteiger partial charge < -0.3 is 10.4 Å². The fraction of sp³-hybridized carbons (Fsp3) is 0.143. The first-order chi connectivity index (χ1) is 8.99. The van der Waals surface area contributed by atoms with Gasteiger partial charge in [-0.25, -0.2) is 0 Å². The van der Waals surface area contributed by atoms with Crippen molar-refractivity contribution in [2.75, 3.05) is 5.32 Å². The second-order valence-electron chi connectivity index (χ2n) is 4.18. The van der Waals surface area contributed by atoms with Crippen LogP contribution in [0.5, 0.6) is 5.75 Å². The Morgan fingerprint density at radius 1 is 1.05 bits per heavy atom. The van der Waals surface area contributed by atoms with Crippen LogP contribution >= 0.6 is 34.8 Å². The predicted molar refractivity (Wildman–Crippen MR) is 81.6 cm³/mol. The van der Waals surface area contributed by atoms with E-state index >= 15 is 0 Å². The fourth-order valence-corrected chi connectivity index (χ4v) is 2.32. The van der Waals surface area contributed by atoms with E-state index in [1.807, 2.05) is 25.1 Å². The molecular weight excluding hydrogens is 305 g/mol. The van der Waals surface area contributed by atoms with Crippen molar-refractivity contribution in [2.24, 2.45) is 0 Å². The third-order valence-electron chi connectivity index (χ3n) is 2.80. The van der Waals surface area contributed by atoms with Crippen molar-refractivity contribution in [1.29, 1.82) is 0 Å². The van der Waals surface area contributed by atoms with Gasteiger partial charge >= 0.3 is 0 Å². The summed E-state index contributed by atoms with van der Waals surface area (Å²) < 4.78 is 0. The standard InChI is InChI=1S/C14H12Cl3NO/c1-8-3-2-4-9(14(8)19)7-18-13-6-11(16)10(15)5-12(13)17/h2-6,18-19H,7H2,1H3. The number of halogens is 3. The van der Waals surface area contributed by atoms with Gasteiger partial charge in [0, 0.05) is 12.1 Å². The number of phenolic OH excluding ortho intramolecular Hbond substituents is 1. The Labute approximate surface area is 126 Å². The Morgan fingerprint density at radius 3 is 2.47 bits per heavy atom. The summed E-state index contributed by atoms with van der Waals surface area (Å²) in [6, 6.07) is 8.84. The minimum Gasteiger partial charge on any atom is -0.507 e. The minimum absolute atomic E-state index is 0.284. The van der Waals surface area contributed by atoms with E-state index in [9.17, 15) is 5.11 Å². The van der Waals surface area contributed by atoms with E-state index < -0.39 is 0 Å². The molecule has 0 bridgehead atoms. The average Bonchev–Trinajstić information content (AvgIpc) is 2.37. The number of hydrogen-bond donors (Lipinski definition) is 2. The highest BCUT2D eigenvalue weighted by atomic mass is 35.5. The molecule has 2 N–H and O–H groups in total. The summed E-state index contributed by atoms with van der Waals surface area (Å²) >= 11 is 17.9. The molecule has 0 atom stereocenters. The van der Waals surface area contributed by atoms with Gasteiger partial charge in [-0.05, 0) is 24.6 Å². The van der Waals surface area contributed by atoms with E-state index in [-0.39, 0.29) is 5.75 Å². The summed E-state index contributed by atoms with van der Waals surface area (Å²) in [5, 5.41) is 14.4. The molecule has 0 saturated carbocycles. The number of rotatable bonds is 3. The Kier molecular flexibility index (Phi) is 4.46. The van der Waals surface area contributed by atoms with E-state index in [2.05, 4.69) is 5.32 Å². The SMILES string of the molecule is Cc1cccc(CNc2cc(Cl)c(Cl)cc2Cl)c1O. The number of aryl methyl sites for hydroxylation is 1. The van der Waals surface area contributed by atoms with Crippen LogP contribution in [0.1, 0.15) is 11.1 Å². The summed E-state index contributed by atoms with van der Waals surface area (Å²) in [7, 11) is 0. The van der Waals surface area contributed by atoms with Crippen LogP contribution < -0.4 is 5.32 Å². The molecule has 2 nitrogen and oxygen atoms in total. The largest absolute Gasteiger partial charge is 0.507 e. The van der Waals surface area contributed by atoms with Crippen LogP contribution in [0.4, 0.5) is 5.69 Å². The molecule has 100 valence electrons. The summed E-state index contributed by atoms with van der Waals surface area (Å²) in [4.78, 5) is 0. The third-order valence-corrected chi connectivity index (χ3v) is 3.84. The lowest BCUT2D eigenvalue weighted by molar-refractivity contribution is 0.465. The molecule has 0 aliphatic carbocycles. The second kappa shape index (κ2) is 5.91. The van der Waals surface area contributed by atoms with Crippen LogP contribution in [0, 0.1) is 6.92 Å². The number of aromatic hydroxyl groups is 1. The second-order valence-corrected chi connectivity index (χ2v) is 5.40. The van der Waals surface area contributed by atoms with Crippen molar-refractivity contribution in [3.8, 4) is 5.75 Å². The van der Waals surface area contributed by atoms with Gasteiger partial charge in [0.05, 0.1) is 20.8 Å². The molecule has 2 aromatic rings. The first-order valence-corrected chi connectivity index (χ1v) is 6.78.